The van der Waals surface area contributed by atoms with Gasteiger partial charge in [0.2, 0.25) is 5.91 Å². The minimum absolute atomic E-state index is 0.0375. The fraction of sp³-hybridized carbons (Fsp3) is 0.932. The number of hydrogen-bond donors (Lipinski definition) is 4. The van der Waals surface area contributed by atoms with E-state index in [1.807, 2.05) is 0 Å². The highest BCUT2D eigenvalue weighted by atomic mass is 16.3. The molecular formula is C44H87NO4. The number of carbonyl (C=O) groups is 1. The van der Waals surface area contributed by atoms with Gasteiger partial charge in [-0.1, -0.05) is 206 Å². The summed E-state index contributed by atoms with van der Waals surface area (Å²) < 4.78 is 0. The van der Waals surface area contributed by atoms with Gasteiger partial charge in [-0.15, -0.1) is 0 Å². The molecule has 0 aliphatic heterocycles. The first-order valence-electron chi connectivity index (χ1n) is 22.0. The standard InChI is InChI=1S/C44H87NO4/c1-3-5-7-9-11-13-14-15-16-17-18-19-20-21-22-23-24-25-26-27-28-30-31-33-35-37-41(47)39-44(49)45-42(40-46)43(48)38-36-34-32-29-12-10-8-6-4-2/h21-22,41-43,46-48H,3-20,23-40H2,1-2H3,(H,45,49)/b22-21-. The summed E-state index contributed by atoms with van der Waals surface area (Å²) in [6, 6.07) is -0.654. The van der Waals surface area contributed by atoms with E-state index in [2.05, 4.69) is 31.3 Å². The van der Waals surface area contributed by atoms with E-state index in [1.54, 1.807) is 0 Å². The molecule has 0 saturated heterocycles. The lowest BCUT2D eigenvalue weighted by Gasteiger charge is -2.23. The monoisotopic (exact) mass is 694 g/mol. The molecule has 0 aromatic carbocycles. The summed E-state index contributed by atoms with van der Waals surface area (Å²) in [6.45, 7) is 4.24. The molecule has 0 bridgehead atoms. The first-order chi connectivity index (χ1) is 24.0. The highest BCUT2D eigenvalue weighted by Crippen LogP contribution is 2.16. The third-order valence-electron chi connectivity index (χ3n) is 10.3. The van der Waals surface area contributed by atoms with E-state index in [0.29, 0.717) is 12.8 Å². The molecule has 5 heteroatoms. The van der Waals surface area contributed by atoms with Crippen LogP contribution in [0.5, 0.6) is 0 Å². The number of allylic oxidation sites excluding steroid dienone is 2. The minimum Gasteiger partial charge on any atom is -0.394 e. The van der Waals surface area contributed by atoms with E-state index in [9.17, 15) is 20.1 Å². The first kappa shape index (κ1) is 48.1. The Labute approximate surface area is 306 Å². The molecule has 0 aliphatic rings. The van der Waals surface area contributed by atoms with Gasteiger partial charge in [0.15, 0.2) is 0 Å². The molecule has 0 fully saturated rings. The van der Waals surface area contributed by atoms with Crippen molar-refractivity contribution in [1.82, 2.24) is 5.32 Å². The number of unbranched alkanes of at least 4 members (excludes halogenated alkanes) is 29. The molecule has 49 heavy (non-hydrogen) atoms. The highest BCUT2D eigenvalue weighted by molar-refractivity contribution is 5.76. The van der Waals surface area contributed by atoms with Crippen LogP contribution in [0.25, 0.3) is 0 Å². The van der Waals surface area contributed by atoms with Gasteiger partial charge in [0.05, 0.1) is 31.3 Å². The Kier molecular flexibility index (Phi) is 39.1. The molecule has 0 aromatic rings. The maximum Gasteiger partial charge on any atom is 0.222 e. The van der Waals surface area contributed by atoms with Crippen molar-refractivity contribution >= 4 is 5.91 Å². The Balaban J connectivity index is 3.52. The van der Waals surface area contributed by atoms with Crippen LogP contribution >= 0.6 is 0 Å². The summed E-state index contributed by atoms with van der Waals surface area (Å²) in [7, 11) is 0. The molecule has 1 amide bonds. The van der Waals surface area contributed by atoms with Crippen LogP contribution in [0.1, 0.15) is 239 Å². The van der Waals surface area contributed by atoms with E-state index >= 15 is 0 Å². The van der Waals surface area contributed by atoms with E-state index in [1.165, 1.54) is 180 Å². The van der Waals surface area contributed by atoms with Gasteiger partial charge in [0, 0.05) is 0 Å². The number of nitrogens with one attached hydrogen (secondary N) is 1. The van der Waals surface area contributed by atoms with Gasteiger partial charge >= 0.3 is 0 Å². The molecule has 0 saturated carbocycles. The van der Waals surface area contributed by atoms with E-state index in [-0.39, 0.29) is 18.9 Å². The quantitative estimate of drug-likeness (QED) is 0.0380. The molecule has 0 radical (unpaired) electrons. The van der Waals surface area contributed by atoms with Crippen LogP contribution < -0.4 is 5.32 Å². The molecule has 0 aliphatic carbocycles. The fourth-order valence-electron chi connectivity index (χ4n) is 6.93. The summed E-state index contributed by atoms with van der Waals surface area (Å²) in [5.74, 6) is -0.284. The zero-order valence-corrected chi connectivity index (χ0v) is 33.1. The summed E-state index contributed by atoms with van der Waals surface area (Å²) in [4.78, 5) is 12.4. The summed E-state index contributed by atoms with van der Waals surface area (Å²) >= 11 is 0. The van der Waals surface area contributed by atoms with Crippen molar-refractivity contribution in [3.63, 3.8) is 0 Å². The van der Waals surface area contributed by atoms with Crippen LogP contribution in [0.4, 0.5) is 0 Å². The summed E-state index contributed by atoms with van der Waals surface area (Å²) in [5, 5.41) is 33.2. The zero-order chi connectivity index (χ0) is 35.9. The van der Waals surface area contributed by atoms with E-state index in [4.69, 9.17) is 0 Å². The lowest BCUT2D eigenvalue weighted by molar-refractivity contribution is -0.125. The van der Waals surface area contributed by atoms with Gasteiger partial charge in [-0.25, -0.2) is 0 Å². The van der Waals surface area contributed by atoms with Crippen molar-refractivity contribution in [3.8, 4) is 0 Å². The van der Waals surface area contributed by atoms with Gasteiger partial charge < -0.3 is 20.6 Å². The molecule has 5 nitrogen and oxygen atoms in total. The van der Waals surface area contributed by atoms with Gasteiger partial charge in [0.1, 0.15) is 0 Å². The largest absolute Gasteiger partial charge is 0.394 e. The number of carbonyl (C=O) groups excluding carboxylic acids is 1. The van der Waals surface area contributed by atoms with E-state index < -0.39 is 18.2 Å². The van der Waals surface area contributed by atoms with E-state index in [0.717, 1.165) is 25.7 Å². The van der Waals surface area contributed by atoms with Crippen LogP contribution in [-0.2, 0) is 4.79 Å². The SMILES string of the molecule is CCCCCCCCCCCCCC/C=C\CCCCCCCCCCCC(O)CC(=O)NC(CO)C(O)CCCCCCCCCCC. The zero-order valence-electron chi connectivity index (χ0n) is 33.1. The highest BCUT2D eigenvalue weighted by Gasteiger charge is 2.21. The third kappa shape index (κ3) is 36.7. The molecule has 4 N–H and O–H groups in total. The van der Waals surface area contributed by atoms with Crippen LogP contribution in [0, 0.1) is 0 Å². The second-order valence-electron chi connectivity index (χ2n) is 15.3. The summed E-state index contributed by atoms with van der Waals surface area (Å²) in [5.41, 5.74) is 0. The van der Waals surface area contributed by atoms with Crippen molar-refractivity contribution in [2.24, 2.45) is 0 Å². The van der Waals surface area contributed by atoms with Crippen molar-refractivity contribution in [3.05, 3.63) is 12.2 Å². The van der Waals surface area contributed by atoms with Gasteiger partial charge in [-0.3, -0.25) is 4.79 Å². The molecule has 0 heterocycles. The summed E-state index contributed by atoms with van der Waals surface area (Å²) in [6.07, 6.45) is 46.2. The van der Waals surface area contributed by atoms with Crippen LogP contribution in [-0.4, -0.2) is 46.1 Å². The lowest BCUT2D eigenvalue weighted by Crippen LogP contribution is -2.46. The minimum atomic E-state index is -0.744. The van der Waals surface area contributed by atoms with Crippen molar-refractivity contribution in [2.45, 2.75) is 257 Å². The molecule has 0 rings (SSSR count). The van der Waals surface area contributed by atoms with Crippen LogP contribution in [0.15, 0.2) is 12.2 Å². The normalized spacial score (nSPS) is 13.7. The number of aliphatic hydroxyl groups excluding tert-OH is 3. The number of aliphatic hydroxyl groups is 3. The third-order valence-corrected chi connectivity index (χ3v) is 10.3. The van der Waals surface area contributed by atoms with Crippen LogP contribution in [0.3, 0.4) is 0 Å². The Morgan fingerprint density at radius 3 is 1.18 bits per heavy atom. The average Bonchev–Trinajstić information content (AvgIpc) is 3.09. The second-order valence-corrected chi connectivity index (χ2v) is 15.3. The van der Waals surface area contributed by atoms with Gasteiger partial charge in [-0.05, 0) is 38.5 Å². The predicted octanol–water partition coefficient (Wildman–Crippen LogP) is 12.4. The fourth-order valence-corrected chi connectivity index (χ4v) is 6.93. The Bertz CT molecular complexity index is 684. The van der Waals surface area contributed by atoms with Gasteiger partial charge in [-0.2, -0.15) is 0 Å². The molecule has 0 aromatic heterocycles. The lowest BCUT2D eigenvalue weighted by atomic mass is 10.0. The second kappa shape index (κ2) is 39.9. The van der Waals surface area contributed by atoms with Crippen molar-refractivity contribution < 1.29 is 20.1 Å². The number of amides is 1. The average molecular weight is 694 g/mol. The first-order valence-corrected chi connectivity index (χ1v) is 22.0. The molecule has 0 spiro atoms. The number of hydrogen-bond acceptors (Lipinski definition) is 4. The molecule has 3 unspecified atom stereocenters. The van der Waals surface area contributed by atoms with Crippen molar-refractivity contribution in [2.75, 3.05) is 6.61 Å². The van der Waals surface area contributed by atoms with Crippen LogP contribution in [0.2, 0.25) is 0 Å². The Morgan fingerprint density at radius 1 is 0.490 bits per heavy atom. The van der Waals surface area contributed by atoms with Crippen molar-refractivity contribution in [1.29, 1.82) is 0 Å². The Hall–Kier alpha value is -0.910. The topological polar surface area (TPSA) is 89.8 Å². The maximum absolute atomic E-state index is 12.4. The predicted molar refractivity (Wildman–Crippen MR) is 213 cm³/mol. The molecule has 3 atom stereocenters. The molecular weight excluding hydrogens is 606 g/mol. The maximum atomic E-state index is 12.4. The number of rotatable bonds is 40. The Morgan fingerprint density at radius 2 is 0.816 bits per heavy atom. The smallest absolute Gasteiger partial charge is 0.222 e. The van der Waals surface area contributed by atoms with Gasteiger partial charge in [0.25, 0.3) is 0 Å². The molecule has 292 valence electrons.